The Labute approximate surface area is 188 Å². The molecule has 160 valence electrons. The van der Waals surface area contributed by atoms with E-state index < -0.39 is 4.92 Å². The molecule has 4 aromatic rings. The quantitative estimate of drug-likeness (QED) is 0.193. The van der Waals surface area contributed by atoms with Crippen molar-refractivity contribution in [3.63, 3.8) is 0 Å². The lowest BCUT2D eigenvalue weighted by Gasteiger charge is -2.05. The van der Waals surface area contributed by atoms with Gasteiger partial charge in [-0.1, -0.05) is 11.3 Å². The molecular formula is C24H19N3O4S. The number of nitro groups is 1. The second-order valence-corrected chi connectivity index (χ2v) is 7.72. The van der Waals surface area contributed by atoms with E-state index in [0.717, 1.165) is 38.8 Å². The molecule has 0 amide bonds. The topological polar surface area (TPSA) is 86.9 Å². The highest BCUT2D eigenvalue weighted by molar-refractivity contribution is 7.19. The molecule has 1 heterocycles. The van der Waals surface area contributed by atoms with Gasteiger partial charge in [-0.05, 0) is 71.8 Å². The lowest BCUT2D eigenvalue weighted by molar-refractivity contribution is -0.384. The zero-order chi connectivity index (χ0) is 22.5. The van der Waals surface area contributed by atoms with Gasteiger partial charge in [0.05, 0.1) is 29.7 Å². The fraction of sp³-hybridized carbons (Fsp3) is 0.0833. The van der Waals surface area contributed by atoms with Crippen molar-refractivity contribution in [2.45, 2.75) is 0 Å². The monoisotopic (exact) mass is 445 g/mol. The molecule has 0 saturated carbocycles. The predicted molar refractivity (Wildman–Crippen MR) is 126 cm³/mol. The zero-order valence-corrected chi connectivity index (χ0v) is 18.2. The second kappa shape index (κ2) is 9.40. The molecule has 0 N–H and O–H groups in total. The molecule has 0 unspecified atom stereocenters. The summed E-state index contributed by atoms with van der Waals surface area (Å²) in [7, 11) is 3.27. The molecule has 7 nitrogen and oxygen atoms in total. The van der Waals surface area contributed by atoms with E-state index in [-0.39, 0.29) is 5.69 Å². The van der Waals surface area contributed by atoms with E-state index in [1.165, 1.54) is 23.5 Å². The van der Waals surface area contributed by atoms with Gasteiger partial charge in [0, 0.05) is 23.9 Å². The smallest absolute Gasteiger partial charge is 0.269 e. The summed E-state index contributed by atoms with van der Waals surface area (Å²) in [4.78, 5) is 20.7. The van der Waals surface area contributed by atoms with Crippen molar-refractivity contribution in [3.8, 4) is 33.2 Å². The van der Waals surface area contributed by atoms with Crippen LogP contribution in [0.25, 0.3) is 21.7 Å². The Hall–Kier alpha value is -4.04. The summed E-state index contributed by atoms with van der Waals surface area (Å²) < 4.78 is 10.5. The number of nitro benzene ring substituents is 1. The normalized spacial score (nSPS) is 10.9. The zero-order valence-electron chi connectivity index (χ0n) is 17.4. The van der Waals surface area contributed by atoms with Crippen LogP contribution in [0.3, 0.4) is 0 Å². The van der Waals surface area contributed by atoms with Crippen LogP contribution in [0.4, 0.5) is 10.8 Å². The lowest BCUT2D eigenvalue weighted by atomic mass is 10.1. The van der Waals surface area contributed by atoms with Crippen LogP contribution in [0.15, 0.2) is 77.8 Å². The van der Waals surface area contributed by atoms with Crippen molar-refractivity contribution in [2.24, 2.45) is 4.99 Å². The van der Waals surface area contributed by atoms with E-state index in [9.17, 15) is 10.1 Å². The van der Waals surface area contributed by atoms with E-state index in [4.69, 9.17) is 14.5 Å². The molecule has 0 atom stereocenters. The maximum atomic E-state index is 10.8. The Morgan fingerprint density at radius 2 is 1.44 bits per heavy atom. The molecular weight excluding hydrogens is 426 g/mol. The fourth-order valence-corrected chi connectivity index (χ4v) is 4.00. The first-order valence-electron chi connectivity index (χ1n) is 9.65. The molecule has 0 aliphatic rings. The summed E-state index contributed by atoms with van der Waals surface area (Å²) in [5.74, 6) is 1.55. The Kier molecular flexibility index (Phi) is 6.23. The van der Waals surface area contributed by atoms with Gasteiger partial charge in [0.25, 0.3) is 5.69 Å². The molecule has 0 spiro atoms. The summed E-state index contributed by atoms with van der Waals surface area (Å²) in [5.41, 5.74) is 3.57. The third-order valence-corrected chi connectivity index (χ3v) is 5.77. The third kappa shape index (κ3) is 4.65. The number of nitrogens with zero attached hydrogens (tertiary/aromatic N) is 3. The average Bonchev–Trinajstić information content (AvgIpc) is 3.27. The predicted octanol–water partition coefficient (Wildman–Crippen LogP) is 6.15. The molecule has 8 heteroatoms. The Balaban J connectivity index is 1.71. The Morgan fingerprint density at radius 1 is 0.875 bits per heavy atom. The first-order chi connectivity index (χ1) is 15.6. The molecule has 1 aromatic heterocycles. The number of thiazole rings is 1. The summed E-state index contributed by atoms with van der Waals surface area (Å²) in [6.45, 7) is 0. The number of rotatable bonds is 7. The van der Waals surface area contributed by atoms with Crippen molar-refractivity contribution in [1.82, 2.24) is 4.98 Å². The number of methoxy groups -OCH3 is 2. The fourth-order valence-electron chi connectivity index (χ4n) is 3.06. The number of aliphatic imine (C=N–C) groups is 1. The molecule has 4 rings (SSSR count). The second-order valence-electron chi connectivity index (χ2n) is 6.74. The van der Waals surface area contributed by atoms with Crippen LogP contribution in [0, 0.1) is 10.1 Å². The van der Waals surface area contributed by atoms with E-state index in [0.29, 0.717) is 5.13 Å². The van der Waals surface area contributed by atoms with Crippen molar-refractivity contribution in [1.29, 1.82) is 0 Å². The number of hydrogen-bond donors (Lipinski definition) is 0. The minimum absolute atomic E-state index is 0.0417. The van der Waals surface area contributed by atoms with Crippen LogP contribution in [-0.2, 0) is 0 Å². The lowest BCUT2D eigenvalue weighted by Crippen LogP contribution is -1.88. The van der Waals surface area contributed by atoms with E-state index >= 15 is 0 Å². The van der Waals surface area contributed by atoms with Crippen LogP contribution in [0.2, 0.25) is 0 Å². The van der Waals surface area contributed by atoms with Crippen molar-refractivity contribution in [3.05, 3.63) is 88.5 Å². The highest BCUT2D eigenvalue weighted by Gasteiger charge is 2.15. The van der Waals surface area contributed by atoms with Gasteiger partial charge in [0.2, 0.25) is 5.13 Å². The molecule has 0 radical (unpaired) electrons. The molecule has 0 saturated heterocycles. The molecule has 0 bridgehead atoms. The van der Waals surface area contributed by atoms with Crippen molar-refractivity contribution < 1.29 is 14.4 Å². The first-order valence-corrected chi connectivity index (χ1v) is 10.5. The van der Waals surface area contributed by atoms with Gasteiger partial charge in [-0.15, -0.1) is 0 Å². The molecule has 3 aromatic carbocycles. The van der Waals surface area contributed by atoms with Crippen LogP contribution in [0.1, 0.15) is 5.56 Å². The SMILES string of the molecule is COc1ccc(-c2nc(N=Cc3ccc([N+](=O)[O-])cc3)sc2-c2ccc(OC)cc2)cc1. The van der Waals surface area contributed by atoms with Crippen LogP contribution in [0.5, 0.6) is 11.5 Å². The van der Waals surface area contributed by atoms with Gasteiger partial charge in [-0.3, -0.25) is 10.1 Å². The van der Waals surface area contributed by atoms with Gasteiger partial charge in [-0.25, -0.2) is 9.98 Å². The van der Waals surface area contributed by atoms with Crippen molar-refractivity contribution >= 4 is 28.4 Å². The number of non-ortho nitro benzene ring substituents is 1. The summed E-state index contributed by atoms with van der Waals surface area (Å²) >= 11 is 1.47. The number of aromatic nitrogens is 1. The molecule has 0 aliphatic heterocycles. The number of hydrogen-bond acceptors (Lipinski definition) is 7. The van der Waals surface area contributed by atoms with E-state index in [1.54, 1.807) is 32.6 Å². The van der Waals surface area contributed by atoms with Gasteiger partial charge >= 0.3 is 0 Å². The molecule has 0 fully saturated rings. The molecule has 0 aliphatic carbocycles. The largest absolute Gasteiger partial charge is 0.497 e. The minimum atomic E-state index is -0.427. The van der Waals surface area contributed by atoms with E-state index in [1.807, 2.05) is 48.5 Å². The summed E-state index contributed by atoms with van der Waals surface area (Å²) in [6, 6.07) is 21.7. The maximum Gasteiger partial charge on any atom is 0.269 e. The van der Waals surface area contributed by atoms with Crippen molar-refractivity contribution in [2.75, 3.05) is 14.2 Å². The highest BCUT2D eigenvalue weighted by Crippen LogP contribution is 2.40. The van der Waals surface area contributed by atoms with Gasteiger partial charge in [0.1, 0.15) is 11.5 Å². The van der Waals surface area contributed by atoms with Crippen LogP contribution in [-0.4, -0.2) is 30.3 Å². The van der Waals surface area contributed by atoms with E-state index in [2.05, 4.69) is 4.99 Å². The third-order valence-electron chi connectivity index (χ3n) is 4.76. The number of benzene rings is 3. The summed E-state index contributed by atoms with van der Waals surface area (Å²) in [6.07, 6.45) is 1.65. The maximum absolute atomic E-state index is 10.8. The van der Waals surface area contributed by atoms with Crippen LogP contribution >= 0.6 is 11.3 Å². The first kappa shape index (κ1) is 21.2. The van der Waals surface area contributed by atoms with Gasteiger partial charge in [-0.2, -0.15) is 0 Å². The number of ether oxygens (including phenoxy) is 2. The molecule has 32 heavy (non-hydrogen) atoms. The Morgan fingerprint density at radius 3 is 1.97 bits per heavy atom. The van der Waals surface area contributed by atoms with Gasteiger partial charge < -0.3 is 9.47 Å². The van der Waals surface area contributed by atoms with Crippen LogP contribution < -0.4 is 9.47 Å². The Bertz CT molecular complexity index is 1180. The minimum Gasteiger partial charge on any atom is -0.497 e. The highest BCUT2D eigenvalue weighted by atomic mass is 32.1. The summed E-state index contributed by atoms with van der Waals surface area (Å²) in [5, 5.41) is 11.4. The average molecular weight is 446 g/mol. The van der Waals surface area contributed by atoms with Gasteiger partial charge in [0.15, 0.2) is 0 Å². The standard InChI is InChI=1S/C24H19N3O4S/c1-30-20-11-5-17(6-12-20)22-23(18-7-13-21(31-2)14-8-18)32-24(26-22)25-15-16-3-9-19(10-4-16)27(28)29/h3-15H,1-2H3.